The highest BCUT2D eigenvalue weighted by Gasteiger charge is 2.16. The van der Waals surface area contributed by atoms with Gasteiger partial charge in [-0.3, -0.25) is 14.9 Å². The molecule has 0 radical (unpaired) electrons. The van der Waals surface area contributed by atoms with E-state index in [0.29, 0.717) is 0 Å². The van der Waals surface area contributed by atoms with Crippen LogP contribution in [0.15, 0.2) is 61.2 Å². The molecule has 3 rings (SSSR count). The number of nitrogens with one attached hydrogen (secondary N) is 1. The second-order valence-corrected chi connectivity index (χ2v) is 5.73. The maximum atomic E-state index is 12.1. The summed E-state index contributed by atoms with van der Waals surface area (Å²) in [6, 6.07) is 13.2. The van der Waals surface area contributed by atoms with Gasteiger partial charge in [0.15, 0.2) is 12.4 Å². The molecule has 1 aromatic heterocycles. The van der Waals surface area contributed by atoms with E-state index in [1.165, 1.54) is 24.5 Å². The van der Waals surface area contributed by atoms with E-state index in [4.69, 9.17) is 4.74 Å². The van der Waals surface area contributed by atoms with E-state index in [-0.39, 0.29) is 30.0 Å². The van der Waals surface area contributed by atoms with E-state index < -0.39 is 4.92 Å². The molecule has 0 fully saturated rings. The average molecular weight is 367 g/mol. The highest BCUT2D eigenvalue weighted by Crippen LogP contribution is 2.25. The fourth-order valence-corrected chi connectivity index (χ4v) is 2.50. The Kier molecular flexibility index (Phi) is 5.41. The molecule has 0 saturated heterocycles. The normalized spacial score (nSPS) is 11.6. The minimum absolute atomic E-state index is 0.0579. The van der Waals surface area contributed by atoms with Crippen molar-refractivity contribution in [3.8, 4) is 11.4 Å². The lowest BCUT2D eigenvalue weighted by atomic mass is 10.1. The van der Waals surface area contributed by atoms with Gasteiger partial charge in [-0.25, -0.2) is 9.67 Å². The number of hydrogen-bond acceptors (Lipinski definition) is 6. The lowest BCUT2D eigenvalue weighted by Gasteiger charge is -2.15. The van der Waals surface area contributed by atoms with Crippen molar-refractivity contribution in [3.05, 3.63) is 76.9 Å². The third-order valence-electron chi connectivity index (χ3n) is 3.87. The number of hydrogen-bond donors (Lipinski definition) is 1. The number of benzene rings is 2. The Morgan fingerprint density at radius 1 is 1.26 bits per heavy atom. The molecular weight excluding hydrogens is 350 g/mol. The largest absolute Gasteiger partial charge is 0.477 e. The molecule has 1 heterocycles. The van der Waals surface area contributed by atoms with Crippen LogP contribution in [0.25, 0.3) is 5.69 Å². The first-order chi connectivity index (χ1) is 13.0. The minimum Gasteiger partial charge on any atom is -0.477 e. The van der Waals surface area contributed by atoms with Crippen LogP contribution in [0, 0.1) is 10.1 Å². The molecule has 0 aliphatic rings. The van der Waals surface area contributed by atoms with Crippen molar-refractivity contribution >= 4 is 11.6 Å². The summed E-state index contributed by atoms with van der Waals surface area (Å²) in [5, 5.41) is 17.8. The second-order valence-electron chi connectivity index (χ2n) is 5.73. The van der Waals surface area contributed by atoms with Crippen LogP contribution < -0.4 is 10.1 Å². The summed E-state index contributed by atoms with van der Waals surface area (Å²) in [6.07, 6.45) is 3.05. The highest BCUT2D eigenvalue weighted by atomic mass is 16.6. The summed E-state index contributed by atoms with van der Waals surface area (Å²) < 4.78 is 6.93. The molecule has 2 aromatic carbocycles. The van der Waals surface area contributed by atoms with E-state index in [2.05, 4.69) is 15.4 Å². The van der Waals surface area contributed by atoms with Gasteiger partial charge in [0, 0.05) is 6.07 Å². The van der Waals surface area contributed by atoms with Crippen LogP contribution in [-0.2, 0) is 4.79 Å². The first-order valence-electron chi connectivity index (χ1n) is 8.15. The molecule has 1 amide bonds. The van der Waals surface area contributed by atoms with Crippen molar-refractivity contribution in [2.45, 2.75) is 13.0 Å². The fraction of sp³-hybridized carbons (Fsp3) is 0.167. The molecular formula is C18H17N5O4. The van der Waals surface area contributed by atoms with Gasteiger partial charge in [-0.15, -0.1) is 0 Å². The van der Waals surface area contributed by atoms with Crippen LogP contribution in [0.4, 0.5) is 5.69 Å². The van der Waals surface area contributed by atoms with Crippen LogP contribution >= 0.6 is 0 Å². The van der Waals surface area contributed by atoms with Crippen molar-refractivity contribution in [3.63, 3.8) is 0 Å². The zero-order valence-electron chi connectivity index (χ0n) is 14.5. The van der Waals surface area contributed by atoms with Gasteiger partial charge in [0.2, 0.25) is 0 Å². The average Bonchev–Trinajstić information content (AvgIpc) is 3.21. The quantitative estimate of drug-likeness (QED) is 0.507. The Morgan fingerprint density at radius 2 is 2.00 bits per heavy atom. The Bertz CT molecular complexity index is 925. The van der Waals surface area contributed by atoms with Crippen LogP contribution in [0.3, 0.4) is 0 Å². The SMILES string of the molecule is C[C@H](NC(=O)COc1ccccc1[N+](=O)[O-])c1ccc(-n2cncn2)cc1. The third kappa shape index (κ3) is 4.46. The smallest absolute Gasteiger partial charge is 0.310 e. The summed E-state index contributed by atoms with van der Waals surface area (Å²) >= 11 is 0. The Morgan fingerprint density at radius 3 is 2.67 bits per heavy atom. The van der Waals surface area contributed by atoms with Crippen molar-refractivity contribution in [2.75, 3.05) is 6.61 Å². The number of nitro benzene ring substituents is 1. The zero-order chi connectivity index (χ0) is 19.2. The van der Waals surface area contributed by atoms with Gasteiger partial charge in [0.1, 0.15) is 12.7 Å². The number of carbonyl (C=O) groups is 1. The maximum Gasteiger partial charge on any atom is 0.310 e. The Hall–Kier alpha value is -3.75. The van der Waals surface area contributed by atoms with E-state index in [1.54, 1.807) is 17.1 Å². The summed E-state index contributed by atoms with van der Waals surface area (Å²) in [4.78, 5) is 26.4. The molecule has 138 valence electrons. The molecule has 1 N–H and O–H groups in total. The number of nitrogens with zero attached hydrogens (tertiary/aromatic N) is 4. The van der Waals surface area contributed by atoms with Crippen LogP contribution in [-0.4, -0.2) is 32.2 Å². The predicted octanol–water partition coefficient (Wildman–Crippen LogP) is 2.43. The molecule has 9 heteroatoms. The molecule has 9 nitrogen and oxygen atoms in total. The number of aromatic nitrogens is 3. The summed E-state index contributed by atoms with van der Waals surface area (Å²) in [6.45, 7) is 1.53. The zero-order valence-corrected chi connectivity index (χ0v) is 14.5. The third-order valence-corrected chi connectivity index (χ3v) is 3.87. The van der Waals surface area contributed by atoms with Crippen molar-refractivity contribution in [1.82, 2.24) is 20.1 Å². The van der Waals surface area contributed by atoms with Crippen LogP contribution in [0.1, 0.15) is 18.5 Å². The predicted molar refractivity (Wildman–Crippen MR) is 96.5 cm³/mol. The molecule has 0 bridgehead atoms. The number of ether oxygens (including phenoxy) is 1. The second kappa shape index (κ2) is 8.09. The van der Waals surface area contributed by atoms with Crippen LogP contribution in [0.2, 0.25) is 0 Å². The van der Waals surface area contributed by atoms with Gasteiger partial charge in [-0.2, -0.15) is 5.10 Å². The Labute approximate surface area is 154 Å². The first kappa shape index (κ1) is 18.1. The van der Waals surface area contributed by atoms with Crippen molar-refractivity contribution < 1.29 is 14.5 Å². The number of rotatable bonds is 7. The summed E-state index contributed by atoms with van der Waals surface area (Å²) in [7, 11) is 0. The van der Waals surface area contributed by atoms with Gasteiger partial charge in [0.25, 0.3) is 5.91 Å². The van der Waals surface area contributed by atoms with E-state index in [0.717, 1.165) is 11.3 Å². The molecule has 3 aromatic rings. The highest BCUT2D eigenvalue weighted by molar-refractivity contribution is 5.78. The molecule has 0 aliphatic heterocycles. The molecule has 0 aliphatic carbocycles. The summed E-state index contributed by atoms with van der Waals surface area (Å²) in [5.74, 6) is -0.316. The lowest BCUT2D eigenvalue weighted by Crippen LogP contribution is -2.31. The number of carbonyl (C=O) groups excluding carboxylic acids is 1. The standard InChI is InChI=1S/C18H17N5O4/c1-13(14-6-8-15(9-7-14)22-12-19-11-20-22)21-18(24)10-27-17-5-3-2-4-16(17)23(25)26/h2-9,11-13H,10H2,1H3,(H,21,24)/t13-/m0/s1. The van der Waals surface area contributed by atoms with E-state index in [1.807, 2.05) is 31.2 Å². The topological polar surface area (TPSA) is 112 Å². The van der Waals surface area contributed by atoms with Gasteiger partial charge in [0.05, 0.1) is 16.7 Å². The number of para-hydroxylation sites is 2. The maximum absolute atomic E-state index is 12.1. The van der Waals surface area contributed by atoms with Gasteiger partial charge in [-0.1, -0.05) is 24.3 Å². The van der Waals surface area contributed by atoms with Crippen LogP contribution in [0.5, 0.6) is 5.75 Å². The fourth-order valence-electron chi connectivity index (χ4n) is 2.50. The Balaban J connectivity index is 1.57. The molecule has 0 unspecified atom stereocenters. The van der Waals surface area contributed by atoms with Gasteiger partial charge < -0.3 is 10.1 Å². The summed E-state index contributed by atoms with van der Waals surface area (Å²) in [5.41, 5.74) is 1.58. The molecule has 1 atom stereocenters. The first-order valence-corrected chi connectivity index (χ1v) is 8.15. The molecule has 0 saturated carbocycles. The minimum atomic E-state index is -0.549. The molecule has 0 spiro atoms. The van der Waals surface area contributed by atoms with Gasteiger partial charge >= 0.3 is 5.69 Å². The van der Waals surface area contributed by atoms with Crippen molar-refractivity contribution in [2.24, 2.45) is 0 Å². The lowest BCUT2D eigenvalue weighted by molar-refractivity contribution is -0.385. The van der Waals surface area contributed by atoms with Crippen molar-refractivity contribution in [1.29, 1.82) is 0 Å². The number of nitro groups is 1. The number of amides is 1. The van der Waals surface area contributed by atoms with E-state index >= 15 is 0 Å². The monoisotopic (exact) mass is 367 g/mol. The van der Waals surface area contributed by atoms with E-state index in [9.17, 15) is 14.9 Å². The molecule has 27 heavy (non-hydrogen) atoms. The van der Waals surface area contributed by atoms with Gasteiger partial charge in [-0.05, 0) is 30.7 Å².